The van der Waals surface area contributed by atoms with Crippen molar-refractivity contribution in [2.24, 2.45) is 0 Å². The van der Waals surface area contributed by atoms with Crippen LogP contribution < -0.4 is 9.64 Å². The van der Waals surface area contributed by atoms with Crippen molar-refractivity contribution in [3.8, 4) is 11.5 Å². The van der Waals surface area contributed by atoms with Gasteiger partial charge in [-0.15, -0.1) is 0 Å². The molecule has 150 valence electrons. The number of imide groups is 1. The zero-order chi connectivity index (χ0) is 21.3. The summed E-state index contributed by atoms with van der Waals surface area (Å²) in [6.45, 7) is 1.98. The van der Waals surface area contributed by atoms with Crippen LogP contribution in [-0.2, 0) is 4.74 Å². The molecule has 0 saturated heterocycles. The highest BCUT2D eigenvalue weighted by Gasteiger charge is 2.39. The van der Waals surface area contributed by atoms with E-state index in [9.17, 15) is 14.4 Å². The first-order valence-electron chi connectivity index (χ1n) is 9.22. The molecule has 0 atom stereocenters. The quantitative estimate of drug-likeness (QED) is 0.423. The third kappa shape index (κ3) is 3.53. The van der Waals surface area contributed by atoms with Crippen LogP contribution in [0.1, 0.15) is 38.0 Å². The minimum atomic E-state index is -0.497. The van der Waals surface area contributed by atoms with Crippen molar-refractivity contribution in [3.05, 3.63) is 88.4 Å². The molecule has 0 radical (unpaired) electrons. The number of nitrogens with zero attached hydrogens (tertiary/aromatic N) is 1. The Morgan fingerprint density at radius 3 is 2.30 bits per heavy atom. The molecule has 0 aromatic heterocycles. The lowest BCUT2D eigenvalue weighted by atomic mass is 10.1. The van der Waals surface area contributed by atoms with E-state index in [4.69, 9.17) is 21.1 Å². The molecule has 0 bridgehead atoms. The topological polar surface area (TPSA) is 72.9 Å². The van der Waals surface area contributed by atoms with Crippen molar-refractivity contribution in [1.29, 1.82) is 0 Å². The Morgan fingerprint density at radius 1 is 0.933 bits per heavy atom. The largest absolute Gasteiger partial charge is 0.462 e. The van der Waals surface area contributed by atoms with Crippen LogP contribution in [0.4, 0.5) is 5.69 Å². The molecule has 1 heterocycles. The number of carbonyl (C=O) groups excluding carboxylic acids is 3. The lowest BCUT2D eigenvalue weighted by Gasteiger charge is -2.14. The molecule has 3 aromatic rings. The van der Waals surface area contributed by atoms with Crippen molar-refractivity contribution in [2.75, 3.05) is 11.5 Å². The fourth-order valence-electron chi connectivity index (χ4n) is 3.16. The average molecular weight is 422 g/mol. The fraction of sp³-hybridized carbons (Fsp3) is 0.0870. The lowest BCUT2D eigenvalue weighted by molar-refractivity contribution is 0.0526. The third-order valence-electron chi connectivity index (χ3n) is 4.55. The first kappa shape index (κ1) is 19.7. The minimum Gasteiger partial charge on any atom is -0.462 e. The Labute approximate surface area is 177 Å². The van der Waals surface area contributed by atoms with Crippen LogP contribution in [0.15, 0.2) is 66.7 Å². The zero-order valence-electron chi connectivity index (χ0n) is 15.9. The maximum Gasteiger partial charge on any atom is 0.338 e. The Hall–Kier alpha value is -3.64. The zero-order valence-corrected chi connectivity index (χ0v) is 16.7. The molecule has 0 aliphatic carbocycles. The molecule has 6 nitrogen and oxygen atoms in total. The molecule has 1 aliphatic rings. The second kappa shape index (κ2) is 8.00. The summed E-state index contributed by atoms with van der Waals surface area (Å²) in [7, 11) is 0. The number of esters is 1. The van der Waals surface area contributed by atoms with Gasteiger partial charge in [0.05, 0.1) is 29.0 Å². The van der Waals surface area contributed by atoms with Gasteiger partial charge in [-0.1, -0.05) is 17.7 Å². The van der Waals surface area contributed by atoms with E-state index in [1.807, 2.05) is 0 Å². The van der Waals surface area contributed by atoms with E-state index in [2.05, 4.69) is 0 Å². The summed E-state index contributed by atoms with van der Waals surface area (Å²) in [5.74, 6) is -0.655. The molecular formula is C23H16ClNO5. The molecular weight excluding hydrogens is 406 g/mol. The van der Waals surface area contributed by atoms with Gasteiger partial charge in [-0.3, -0.25) is 9.59 Å². The van der Waals surface area contributed by atoms with E-state index in [1.54, 1.807) is 49.4 Å². The molecule has 0 unspecified atom stereocenters. The van der Waals surface area contributed by atoms with E-state index >= 15 is 0 Å². The molecule has 1 aliphatic heterocycles. The van der Waals surface area contributed by atoms with Crippen molar-refractivity contribution < 1.29 is 23.9 Å². The van der Waals surface area contributed by atoms with E-state index in [0.717, 1.165) is 4.90 Å². The summed E-state index contributed by atoms with van der Waals surface area (Å²) in [6, 6.07) is 17.7. The Kier molecular flexibility index (Phi) is 5.25. The number of anilines is 1. The van der Waals surface area contributed by atoms with Crippen molar-refractivity contribution in [3.63, 3.8) is 0 Å². The van der Waals surface area contributed by atoms with Gasteiger partial charge in [0.1, 0.15) is 11.5 Å². The maximum atomic E-state index is 13.1. The first-order chi connectivity index (χ1) is 14.5. The normalized spacial score (nSPS) is 12.7. The molecule has 0 fully saturated rings. The number of carbonyl (C=O) groups is 3. The van der Waals surface area contributed by atoms with E-state index in [0.29, 0.717) is 22.0 Å². The smallest absolute Gasteiger partial charge is 0.338 e. The van der Waals surface area contributed by atoms with Gasteiger partial charge in [0.2, 0.25) is 0 Å². The Balaban J connectivity index is 1.65. The van der Waals surface area contributed by atoms with Crippen molar-refractivity contribution >= 4 is 35.1 Å². The van der Waals surface area contributed by atoms with Crippen molar-refractivity contribution in [1.82, 2.24) is 0 Å². The van der Waals surface area contributed by atoms with Crippen LogP contribution in [0, 0.1) is 0 Å². The van der Waals surface area contributed by atoms with Gasteiger partial charge in [0.25, 0.3) is 11.8 Å². The van der Waals surface area contributed by atoms with Gasteiger partial charge >= 0.3 is 5.97 Å². The monoisotopic (exact) mass is 421 g/mol. The molecule has 4 rings (SSSR count). The van der Waals surface area contributed by atoms with E-state index in [-0.39, 0.29) is 23.5 Å². The lowest BCUT2D eigenvalue weighted by Crippen LogP contribution is -2.29. The summed E-state index contributed by atoms with van der Waals surface area (Å²) in [4.78, 5) is 38.9. The number of hydrogen-bond donors (Lipinski definition) is 0. The van der Waals surface area contributed by atoms with Crippen LogP contribution in [-0.4, -0.2) is 24.4 Å². The SMILES string of the molecule is CCOC(=O)c1ccc(N2C(=O)c3cccc(Oc4ccc(Cl)cc4)c3C2=O)cc1. The summed E-state index contributed by atoms with van der Waals surface area (Å²) in [6.07, 6.45) is 0. The van der Waals surface area contributed by atoms with Gasteiger partial charge in [-0.05, 0) is 67.6 Å². The Morgan fingerprint density at radius 2 is 1.63 bits per heavy atom. The first-order valence-corrected chi connectivity index (χ1v) is 9.60. The highest BCUT2D eigenvalue weighted by atomic mass is 35.5. The van der Waals surface area contributed by atoms with Crippen LogP contribution in [0.2, 0.25) is 5.02 Å². The van der Waals surface area contributed by atoms with Gasteiger partial charge < -0.3 is 9.47 Å². The van der Waals surface area contributed by atoms with Gasteiger partial charge in [-0.25, -0.2) is 9.69 Å². The highest BCUT2D eigenvalue weighted by Crippen LogP contribution is 2.36. The number of benzene rings is 3. The second-order valence-electron chi connectivity index (χ2n) is 6.45. The van der Waals surface area contributed by atoms with Crippen molar-refractivity contribution in [2.45, 2.75) is 6.92 Å². The van der Waals surface area contributed by atoms with Crippen LogP contribution in [0.5, 0.6) is 11.5 Å². The standard InChI is InChI=1S/C23H16ClNO5/c1-2-29-23(28)14-6-10-16(11-7-14)25-21(26)18-4-3-5-19(20(18)22(25)27)30-17-12-8-15(24)9-13-17/h3-13H,2H2,1H3. The van der Waals surface area contributed by atoms with Crippen LogP contribution in [0.3, 0.4) is 0 Å². The molecule has 0 saturated carbocycles. The predicted octanol–water partition coefficient (Wildman–Crippen LogP) is 5.11. The van der Waals surface area contributed by atoms with E-state index in [1.165, 1.54) is 24.3 Å². The molecule has 2 amide bonds. The molecule has 30 heavy (non-hydrogen) atoms. The number of rotatable bonds is 5. The van der Waals surface area contributed by atoms with Crippen LogP contribution in [0.25, 0.3) is 0 Å². The number of hydrogen-bond acceptors (Lipinski definition) is 5. The summed E-state index contributed by atoms with van der Waals surface area (Å²) in [5, 5.41) is 0.560. The summed E-state index contributed by atoms with van der Waals surface area (Å²) in [5.41, 5.74) is 1.13. The number of amides is 2. The molecule has 0 N–H and O–H groups in total. The maximum absolute atomic E-state index is 13.1. The fourth-order valence-corrected chi connectivity index (χ4v) is 3.29. The second-order valence-corrected chi connectivity index (χ2v) is 6.88. The minimum absolute atomic E-state index is 0.187. The third-order valence-corrected chi connectivity index (χ3v) is 4.81. The number of fused-ring (bicyclic) bond motifs is 1. The number of ether oxygens (including phenoxy) is 2. The highest BCUT2D eigenvalue weighted by molar-refractivity contribution is 6.35. The van der Waals surface area contributed by atoms with Gasteiger partial charge in [-0.2, -0.15) is 0 Å². The van der Waals surface area contributed by atoms with Crippen LogP contribution >= 0.6 is 11.6 Å². The summed E-state index contributed by atoms with van der Waals surface area (Å²) >= 11 is 5.90. The average Bonchev–Trinajstić information content (AvgIpc) is 3.01. The molecule has 0 spiro atoms. The van der Waals surface area contributed by atoms with Gasteiger partial charge in [0.15, 0.2) is 0 Å². The molecule has 7 heteroatoms. The number of halogens is 1. The predicted molar refractivity (Wildman–Crippen MR) is 112 cm³/mol. The Bertz CT molecular complexity index is 1140. The van der Waals surface area contributed by atoms with Gasteiger partial charge in [0, 0.05) is 5.02 Å². The van der Waals surface area contributed by atoms with E-state index < -0.39 is 17.8 Å². The summed E-state index contributed by atoms with van der Waals surface area (Å²) < 4.78 is 10.8. The molecule has 3 aromatic carbocycles.